The van der Waals surface area contributed by atoms with Gasteiger partial charge in [0.25, 0.3) is 0 Å². The lowest BCUT2D eigenvalue weighted by Gasteiger charge is -2.07. The number of nitrogen functional groups attached to an aromatic ring is 1. The van der Waals surface area contributed by atoms with Crippen LogP contribution in [0.1, 0.15) is 5.69 Å². The third-order valence-corrected chi connectivity index (χ3v) is 3.01. The van der Waals surface area contributed by atoms with E-state index in [1.807, 2.05) is 13.0 Å². The smallest absolute Gasteiger partial charge is 0.163 e. The second kappa shape index (κ2) is 4.87. The highest BCUT2D eigenvalue weighted by molar-refractivity contribution is 6.43. The van der Waals surface area contributed by atoms with Gasteiger partial charge >= 0.3 is 0 Å². The summed E-state index contributed by atoms with van der Waals surface area (Å²) in [6.45, 7) is 1.85. The van der Waals surface area contributed by atoms with Gasteiger partial charge in [-0.25, -0.2) is 15.8 Å². The quantitative estimate of drug-likeness (QED) is 0.649. The second-order valence-corrected chi connectivity index (χ2v) is 4.25. The number of nitrogens with two attached hydrogens (primary N) is 1. The Bertz CT molecular complexity index is 557. The fraction of sp³-hybridized carbons (Fsp3) is 0.0909. The predicted molar refractivity (Wildman–Crippen MR) is 70.0 cm³/mol. The second-order valence-electron chi connectivity index (χ2n) is 3.46. The van der Waals surface area contributed by atoms with Gasteiger partial charge in [-0.2, -0.15) is 0 Å². The van der Waals surface area contributed by atoms with Crippen molar-refractivity contribution in [1.82, 2.24) is 9.97 Å². The number of nitrogens with zero attached hydrogens (tertiary/aromatic N) is 2. The molecule has 0 saturated heterocycles. The molecular formula is C11H10Cl2N4. The summed E-state index contributed by atoms with van der Waals surface area (Å²) in [6, 6.07) is 7.06. The van der Waals surface area contributed by atoms with Gasteiger partial charge < -0.3 is 5.43 Å². The molecule has 0 amide bonds. The van der Waals surface area contributed by atoms with Gasteiger partial charge in [-0.3, -0.25) is 0 Å². The number of aromatic nitrogens is 2. The maximum atomic E-state index is 6.11. The monoisotopic (exact) mass is 268 g/mol. The molecule has 0 aliphatic rings. The normalized spacial score (nSPS) is 10.4. The SMILES string of the molecule is Cc1cc(NN)nc(-c2cccc(Cl)c2Cl)n1. The van der Waals surface area contributed by atoms with E-state index >= 15 is 0 Å². The zero-order valence-corrected chi connectivity index (χ0v) is 10.5. The fourth-order valence-corrected chi connectivity index (χ4v) is 1.82. The van der Waals surface area contributed by atoms with E-state index in [1.165, 1.54) is 0 Å². The number of rotatable bonds is 2. The van der Waals surface area contributed by atoms with Crippen LogP contribution in [0.2, 0.25) is 10.0 Å². The van der Waals surface area contributed by atoms with Gasteiger partial charge in [-0.1, -0.05) is 29.3 Å². The van der Waals surface area contributed by atoms with E-state index < -0.39 is 0 Å². The topological polar surface area (TPSA) is 63.8 Å². The molecule has 0 bridgehead atoms. The van der Waals surface area contributed by atoms with E-state index in [0.29, 0.717) is 27.3 Å². The van der Waals surface area contributed by atoms with Crippen molar-refractivity contribution in [3.05, 3.63) is 40.0 Å². The van der Waals surface area contributed by atoms with Crippen molar-refractivity contribution in [3.63, 3.8) is 0 Å². The largest absolute Gasteiger partial charge is 0.308 e. The van der Waals surface area contributed by atoms with E-state index in [1.54, 1.807) is 18.2 Å². The molecule has 88 valence electrons. The van der Waals surface area contributed by atoms with E-state index in [9.17, 15) is 0 Å². The maximum Gasteiger partial charge on any atom is 0.163 e. The molecule has 1 heterocycles. The molecule has 6 heteroatoms. The average molecular weight is 269 g/mol. The van der Waals surface area contributed by atoms with Crippen LogP contribution in [-0.2, 0) is 0 Å². The van der Waals surface area contributed by atoms with E-state index in [0.717, 1.165) is 5.69 Å². The molecule has 0 fully saturated rings. The van der Waals surface area contributed by atoms with Crippen LogP contribution in [0.3, 0.4) is 0 Å². The standard InChI is InChI=1S/C11H10Cl2N4/c1-6-5-9(17-14)16-11(15-6)7-3-2-4-8(12)10(7)13/h2-5H,14H2,1H3,(H,15,16,17). The lowest BCUT2D eigenvalue weighted by molar-refractivity contribution is 1.09. The molecule has 0 atom stereocenters. The molecule has 3 N–H and O–H groups in total. The summed E-state index contributed by atoms with van der Waals surface area (Å²) in [7, 11) is 0. The summed E-state index contributed by atoms with van der Waals surface area (Å²) in [6.07, 6.45) is 0. The Balaban J connectivity index is 2.60. The maximum absolute atomic E-state index is 6.11. The van der Waals surface area contributed by atoms with Gasteiger partial charge in [-0.15, -0.1) is 0 Å². The molecule has 1 aromatic carbocycles. The number of aryl methyl sites for hydroxylation is 1. The Morgan fingerprint density at radius 1 is 1.24 bits per heavy atom. The number of benzene rings is 1. The van der Waals surface area contributed by atoms with Crippen molar-refractivity contribution in [2.75, 3.05) is 5.43 Å². The fourth-order valence-electron chi connectivity index (χ4n) is 1.44. The first-order chi connectivity index (χ1) is 8.11. The molecule has 0 aliphatic heterocycles. The minimum Gasteiger partial charge on any atom is -0.308 e. The van der Waals surface area contributed by atoms with Crippen molar-refractivity contribution in [2.45, 2.75) is 6.92 Å². The third-order valence-electron chi connectivity index (χ3n) is 2.19. The van der Waals surface area contributed by atoms with Crippen LogP contribution in [0.15, 0.2) is 24.3 Å². The lowest BCUT2D eigenvalue weighted by atomic mass is 10.2. The average Bonchev–Trinajstić information content (AvgIpc) is 2.31. The van der Waals surface area contributed by atoms with E-state index in [2.05, 4.69) is 15.4 Å². The summed E-state index contributed by atoms with van der Waals surface area (Å²) in [4.78, 5) is 8.54. The van der Waals surface area contributed by atoms with E-state index in [4.69, 9.17) is 29.0 Å². The Morgan fingerprint density at radius 3 is 2.71 bits per heavy atom. The highest BCUT2D eigenvalue weighted by Gasteiger charge is 2.10. The van der Waals surface area contributed by atoms with Crippen LogP contribution in [0.4, 0.5) is 5.82 Å². The number of hydrazine groups is 1. The summed E-state index contributed by atoms with van der Waals surface area (Å²) < 4.78 is 0. The lowest BCUT2D eigenvalue weighted by Crippen LogP contribution is -2.10. The van der Waals surface area contributed by atoms with Gasteiger partial charge in [-0.05, 0) is 19.1 Å². The molecule has 0 unspecified atom stereocenters. The van der Waals surface area contributed by atoms with Gasteiger partial charge in [0.05, 0.1) is 10.0 Å². The minimum atomic E-state index is 0.433. The van der Waals surface area contributed by atoms with Crippen molar-refractivity contribution in [3.8, 4) is 11.4 Å². The Hall–Kier alpha value is -1.36. The Labute approximate surface area is 109 Å². The molecule has 1 aromatic heterocycles. The van der Waals surface area contributed by atoms with Crippen LogP contribution in [-0.4, -0.2) is 9.97 Å². The van der Waals surface area contributed by atoms with Crippen LogP contribution in [0, 0.1) is 6.92 Å². The zero-order chi connectivity index (χ0) is 12.4. The molecule has 17 heavy (non-hydrogen) atoms. The molecule has 0 saturated carbocycles. The van der Waals surface area contributed by atoms with Gasteiger partial charge in [0.1, 0.15) is 5.82 Å². The van der Waals surface area contributed by atoms with Crippen LogP contribution in [0.25, 0.3) is 11.4 Å². The van der Waals surface area contributed by atoms with E-state index in [-0.39, 0.29) is 0 Å². The summed E-state index contributed by atoms with van der Waals surface area (Å²) in [5.74, 6) is 6.36. The minimum absolute atomic E-state index is 0.433. The Morgan fingerprint density at radius 2 is 2.00 bits per heavy atom. The third kappa shape index (κ3) is 2.49. The van der Waals surface area contributed by atoms with Crippen molar-refractivity contribution >= 4 is 29.0 Å². The number of nitrogens with one attached hydrogen (secondary N) is 1. The molecule has 0 aliphatic carbocycles. The van der Waals surface area contributed by atoms with Crippen molar-refractivity contribution < 1.29 is 0 Å². The summed E-state index contributed by atoms with van der Waals surface area (Å²) >= 11 is 12.1. The zero-order valence-electron chi connectivity index (χ0n) is 9.04. The summed E-state index contributed by atoms with van der Waals surface area (Å²) in [5.41, 5.74) is 3.96. The highest BCUT2D eigenvalue weighted by Crippen LogP contribution is 2.31. The Kier molecular flexibility index (Phi) is 3.47. The molecule has 0 spiro atoms. The van der Waals surface area contributed by atoms with Crippen molar-refractivity contribution in [2.24, 2.45) is 5.84 Å². The predicted octanol–water partition coefficient (Wildman–Crippen LogP) is 3.04. The van der Waals surface area contributed by atoms with Crippen LogP contribution >= 0.6 is 23.2 Å². The number of hydrogen-bond donors (Lipinski definition) is 2. The molecule has 0 radical (unpaired) electrons. The number of anilines is 1. The van der Waals surface area contributed by atoms with Crippen LogP contribution in [0.5, 0.6) is 0 Å². The highest BCUT2D eigenvalue weighted by atomic mass is 35.5. The van der Waals surface area contributed by atoms with Crippen molar-refractivity contribution in [1.29, 1.82) is 0 Å². The summed E-state index contributed by atoms with van der Waals surface area (Å²) in [5, 5.41) is 0.902. The van der Waals surface area contributed by atoms with Gasteiger partial charge in [0.15, 0.2) is 5.82 Å². The first-order valence-corrected chi connectivity index (χ1v) is 5.64. The molecule has 2 aromatic rings. The van der Waals surface area contributed by atoms with Gasteiger partial charge in [0, 0.05) is 17.3 Å². The first-order valence-electron chi connectivity index (χ1n) is 4.88. The molecule has 4 nitrogen and oxygen atoms in total. The first kappa shape index (κ1) is 12.1. The van der Waals surface area contributed by atoms with Crippen LogP contribution < -0.4 is 11.3 Å². The molecule has 2 rings (SSSR count). The number of hydrogen-bond acceptors (Lipinski definition) is 4. The molecular weight excluding hydrogens is 259 g/mol. The number of halogens is 2. The van der Waals surface area contributed by atoms with Gasteiger partial charge in [0.2, 0.25) is 0 Å².